The molecule has 104 valence electrons. The van der Waals surface area contributed by atoms with Crippen molar-refractivity contribution in [3.63, 3.8) is 0 Å². The second-order valence-electron chi connectivity index (χ2n) is 4.92. The maximum atomic E-state index is 11.7. The van der Waals surface area contributed by atoms with Crippen LogP contribution < -0.4 is 5.32 Å². The van der Waals surface area contributed by atoms with Crippen molar-refractivity contribution < 1.29 is 9.59 Å². The molecule has 1 amide bonds. The number of nitrogens with one attached hydrogen (secondary N) is 1. The van der Waals surface area contributed by atoms with Gasteiger partial charge in [0.2, 0.25) is 5.91 Å². The molecule has 0 aliphatic rings. The van der Waals surface area contributed by atoms with Crippen molar-refractivity contribution >= 4 is 12.2 Å². The average Bonchev–Trinajstić information content (AvgIpc) is 2.39. The van der Waals surface area contributed by atoms with Crippen LogP contribution >= 0.6 is 0 Å². The highest BCUT2D eigenvalue weighted by molar-refractivity contribution is 5.76. The molecule has 0 aliphatic carbocycles. The SMILES string of the molecule is CC(Cc1ccccc1)NC(=O)CCCCCC=O. The zero-order valence-electron chi connectivity index (χ0n) is 11.6. The number of aldehydes is 1. The summed E-state index contributed by atoms with van der Waals surface area (Å²) in [5.74, 6) is 0.106. The van der Waals surface area contributed by atoms with Crippen LogP contribution in [-0.4, -0.2) is 18.2 Å². The Balaban J connectivity index is 2.15. The quantitative estimate of drug-likeness (QED) is 0.549. The van der Waals surface area contributed by atoms with Gasteiger partial charge in [-0.25, -0.2) is 0 Å². The van der Waals surface area contributed by atoms with E-state index >= 15 is 0 Å². The summed E-state index contributed by atoms with van der Waals surface area (Å²) in [7, 11) is 0. The van der Waals surface area contributed by atoms with Crippen molar-refractivity contribution in [1.29, 1.82) is 0 Å². The fourth-order valence-corrected chi connectivity index (χ4v) is 2.06. The van der Waals surface area contributed by atoms with E-state index in [0.717, 1.165) is 32.0 Å². The molecule has 1 aromatic rings. The number of unbranched alkanes of at least 4 members (excludes halogenated alkanes) is 3. The van der Waals surface area contributed by atoms with Crippen LogP contribution in [0.15, 0.2) is 30.3 Å². The molecule has 0 radical (unpaired) electrons. The molecule has 0 fully saturated rings. The van der Waals surface area contributed by atoms with Gasteiger partial charge in [-0.3, -0.25) is 4.79 Å². The van der Waals surface area contributed by atoms with E-state index < -0.39 is 0 Å². The Morgan fingerprint density at radius 2 is 1.95 bits per heavy atom. The number of carbonyl (C=O) groups excluding carboxylic acids is 2. The number of benzene rings is 1. The topological polar surface area (TPSA) is 46.2 Å². The molecular formula is C16H23NO2. The minimum atomic E-state index is 0.106. The predicted molar refractivity (Wildman–Crippen MR) is 76.9 cm³/mol. The van der Waals surface area contributed by atoms with Crippen molar-refractivity contribution in [1.82, 2.24) is 5.32 Å². The third kappa shape index (κ3) is 7.39. The van der Waals surface area contributed by atoms with E-state index in [0.29, 0.717) is 12.8 Å². The van der Waals surface area contributed by atoms with Gasteiger partial charge in [-0.15, -0.1) is 0 Å². The highest BCUT2D eigenvalue weighted by Crippen LogP contribution is 2.05. The largest absolute Gasteiger partial charge is 0.353 e. The van der Waals surface area contributed by atoms with Gasteiger partial charge in [0.15, 0.2) is 0 Å². The molecule has 0 aliphatic heterocycles. The second-order valence-corrected chi connectivity index (χ2v) is 4.92. The summed E-state index contributed by atoms with van der Waals surface area (Å²) in [6.07, 6.45) is 5.64. The smallest absolute Gasteiger partial charge is 0.220 e. The Kier molecular flexibility index (Phi) is 7.56. The molecule has 0 saturated heterocycles. The molecule has 0 spiro atoms. The van der Waals surface area contributed by atoms with Gasteiger partial charge >= 0.3 is 0 Å². The van der Waals surface area contributed by atoms with Crippen LogP contribution in [0, 0.1) is 0 Å². The van der Waals surface area contributed by atoms with Gasteiger partial charge in [-0.2, -0.15) is 0 Å². The molecule has 0 saturated carbocycles. The van der Waals surface area contributed by atoms with Crippen LogP contribution in [0.5, 0.6) is 0 Å². The lowest BCUT2D eigenvalue weighted by molar-refractivity contribution is -0.121. The number of hydrogen-bond acceptors (Lipinski definition) is 2. The van der Waals surface area contributed by atoms with Gasteiger partial charge in [0.25, 0.3) is 0 Å². The minimum absolute atomic E-state index is 0.106. The highest BCUT2D eigenvalue weighted by atomic mass is 16.1. The minimum Gasteiger partial charge on any atom is -0.353 e. The molecule has 1 N–H and O–H groups in total. The summed E-state index contributed by atoms with van der Waals surface area (Å²) >= 11 is 0. The molecule has 0 bridgehead atoms. The van der Waals surface area contributed by atoms with Crippen LogP contribution in [-0.2, 0) is 16.0 Å². The van der Waals surface area contributed by atoms with Gasteiger partial charge in [0.1, 0.15) is 6.29 Å². The second kappa shape index (κ2) is 9.31. The number of carbonyl (C=O) groups is 2. The molecule has 3 nitrogen and oxygen atoms in total. The van der Waals surface area contributed by atoms with E-state index in [1.165, 1.54) is 5.56 Å². The summed E-state index contributed by atoms with van der Waals surface area (Å²) < 4.78 is 0. The Hall–Kier alpha value is -1.64. The van der Waals surface area contributed by atoms with Gasteiger partial charge < -0.3 is 10.1 Å². The molecule has 1 rings (SSSR count). The Morgan fingerprint density at radius 3 is 2.63 bits per heavy atom. The van der Waals surface area contributed by atoms with Crippen molar-refractivity contribution in [2.75, 3.05) is 0 Å². The first kappa shape index (κ1) is 15.4. The Bertz CT molecular complexity index is 376. The third-order valence-electron chi connectivity index (χ3n) is 3.02. The number of amides is 1. The van der Waals surface area contributed by atoms with Crippen LogP contribution in [0.3, 0.4) is 0 Å². The fraction of sp³-hybridized carbons (Fsp3) is 0.500. The van der Waals surface area contributed by atoms with Gasteiger partial charge in [-0.05, 0) is 31.7 Å². The first-order chi connectivity index (χ1) is 9.22. The number of rotatable bonds is 9. The van der Waals surface area contributed by atoms with Crippen LogP contribution in [0.4, 0.5) is 0 Å². The standard InChI is InChI=1S/C16H23NO2/c1-14(13-15-9-5-4-6-10-15)17-16(19)11-7-2-3-8-12-18/h4-6,9-10,12,14H,2-3,7-8,11,13H2,1H3,(H,17,19). The maximum absolute atomic E-state index is 11.7. The molecular weight excluding hydrogens is 238 g/mol. The maximum Gasteiger partial charge on any atom is 0.220 e. The molecule has 1 unspecified atom stereocenters. The molecule has 19 heavy (non-hydrogen) atoms. The van der Waals surface area contributed by atoms with E-state index in [2.05, 4.69) is 17.4 Å². The van der Waals surface area contributed by atoms with Gasteiger partial charge in [0, 0.05) is 18.9 Å². The normalized spacial score (nSPS) is 11.8. The van der Waals surface area contributed by atoms with Crippen molar-refractivity contribution in [2.45, 2.75) is 51.5 Å². The van der Waals surface area contributed by atoms with Crippen LogP contribution in [0.1, 0.15) is 44.6 Å². The zero-order valence-corrected chi connectivity index (χ0v) is 11.6. The van der Waals surface area contributed by atoms with Crippen LogP contribution in [0.2, 0.25) is 0 Å². The molecule has 1 aromatic carbocycles. The van der Waals surface area contributed by atoms with Crippen molar-refractivity contribution in [2.24, 2.45) is 0 Å². The molecule has 0 heterocycles. The van der Waals surface area contributed by atoms with E-state index in [4.69, 9.17) is 0 Å². The van der Waals surface area contributed by atoms with Gasteiger partial charge in [0.05, 0.1) is 0 Å². The van der Waals surface area contributed by atoms with Crippen molar-refractivity contribution in [3.05, 3.63) is 35.9 Å². The molecule has 0 aromatic heterocycles. The van der Waals surface area contributed by atoms with E-state index in [1.807, 2.05) is 25.1 Å². The summed E-state index contributed by atoms with van der Waals surface area (Å²) in [5.41, 5.74) is 1.24. The summed E-state index contributed by atoms with van der Waals surface area (Å²) in [6.45, 7) is 2.03. The summed E-state index contributed by atoms with van der Waals surface area (Å²) in [6, 6.07) is 10.3. The predicted octanol–water partition coefficient (Wildman–Crippen LogP) is 2.88. The lowest BCUT2D eigenvalue weighted by Crippen LogP contribution is -2.33. The lowest BCUT2D eigenvalue weighted by atomic mass is 10.1. The monoisotopic (exact) mass is 261 g/mol. The first-order valence-electron chi connectivity index (χ1n) is 6.99. The number of hydrogen-bond donors (Lipinski definition) is 1. The van der Waals surface area contributed by atoms with Gasteiger partial charge in [-0.1, -0.05) is 36.8 Å². The first-order valence-corrected chi connectivity index (χ1v) is 6.99. The Morgan fingerprint density at radius 1 is 1.21 bits per heavy atom. The average molecular weight is 261 g/mol. The van der Waals surface area contributed by atoms with E-state index in [-0.39, 0.29) is 11.9 Å². The zero-order chi connectivity index (χ0) is 13.9. The molecule has 1 atom stereocenters. The van der Waals surface area contributed by atoms with E-state index in [9.17, 15) is 9.59 Å². The fourth-order valence-electron chi connectivity index (χ4n) is 2.06. The van der Waals surface area contributed by atoms with E-state index in [1.54, 1.807) is 0 Å². The Labute approximate surface area is 115 Å². The molecule has 3 heteroatoms. The lowest BCUT2D eigenvalue weighted by Gasteiger charge is -2.13. The third-order valence-corrected chi connectivity index (χ3v) is 3.02. The highest BCUT2D eigenvalue weighted by Gasteiger charge is 2.07. The summed E-state index contributed by atoms with van der Waals surface area (Å²) in [4.78, 5) is 21.8. The van der Waals surface area contributed by atoms with Crippen molar-refractivity contribution in [3.8, 4) is 0 Å². The van der Waals surface area contributed by atoms with Crippen LogP contribution in [0.25, 0.3) is 0 Å². The summed E-state index contributed by atoms with van der Waals surface area (Å²) in [5, 5.41) is 3.01.